The molecule has 1 aromatic carbocycles. The number of piperidine rings is 1. The van der Waals surface area contributed by atoms with Gasteiger partial charge in [0.05, 0.1) is 13.7 Å². The Kier molecular flexibility index (Phi) is 5.27. The Hall–Kier alpha value is -2.18. The second-order valence-electron chi connectivity index (χ2n) is 7.63. The highest BCUT2D eigenvalue weighted by molar-refractivity contribution is 5.18. The number of fused-ring (bicyclic) bond motifs is 4. The van der Waals surface area contributed by atoms with Crippen LogP contribution in [0.25, 0.3) is 0 Å². The maximum Gasteiger partial charge on any atom is 0.227 e. The molecule has 3 aliphatic heterocycles. The highest BCUT2D eigenvalue weighted by Gasteiger charge is 2.35. The van der Waals surface area contributed by atoms with Gasteiger partial charge < -0.3 is 9.15 Å². The van der Waals surface area contributed by atoms with Crippen LogP contribution in [0.3, 0.4) is 0 Å². The van der Waals surface area contributed by atoms with E-state index in [4.69, 9.17) is 9.15 Å². The summed E-state index contributed by atoms with van der Waals surface area (Å²) >= 11 is 0. The number of methoxy groups -OCH3 is 1. The van der Waals surface area contributed by atoms with Crippen LogP contribution in [0.2, 0.25) is 0 Å². The second-order valence-corrected chi connectivity index (χ2v) is 7.63. The number of ether oxygens (including phenoxy) is 1. The van der Waals surface area contributed by atoms with Crippen molar-refractivity contribution in [3.05, 3.63) is 64.0 Å². The summed E-state index contributed by atoms with van der Waals surface area (Å²) in [6.45, 7) is 4.54. The van der Waals surface area contributed by atoms with Crippen molar-refractivity contribution in [2.24, 2.45) is 5.92 Å². The summed E-state index contributed by atoms with van der Waals surface area (Å²) in [4.78, 5) is 16.9. The van der Waals surface area contributed by atoms with Gasteiger partial charge in [0.25, 0.3) is 0 Å². The van der Waals surface area contributed by atoms with Crippen LogP contribution >= 0.6 is 0 Å². The Labute approximate surface area is 158 Å². The van der Waals surface area contributed by atoms with Gasteiger partial charge in [-0.05, 0) is 36.5 Å². The smallest absolute Gasteiger partial charge is 0.227 e. The maximum atomic E-state index is 13.1. The third-order valence-corrected chi connectivity index (χ3v) is 5.65. The van der Waals surface area contributed by atoms with Crippen LogP contribution in [-0.2, 0) is 13.1 Å². The lowest BCUT2D eigenvalue weighted by atomic mass is 9.95. The summed E-state index contributed by atoms with van der Waals surface area (Å²) in [7, 11) is 1.47. The molecule has 0 amide bonds. The second kappa shape index (κ2) is 7.82. The van der Waals surface area contributed by atoms with E-state index in [1.165, 1.54) is 38.0 Å². The van der Waals surface area contributed by atoms with Gasteiger partial charge in [0.2, 0.25) is 11.2 Å². The average Bonchev–Trinajstić information content (AvgIpc) is 2.94. The number of rotatable bonds is 5. The summed E-state index contributed by atoms with van der Waals surface area (Å²) in [5.74, 6) is 1.33. The van der Waals surface area contributed by atoms with Crippen molar-refractivity contribution in [2.45, 2.75) is 32.0 Å². The van der Waals surface area contributed by atoms with E-state index >= 15 is 0 Å². The molecule has 2 bridgehead atoms. The molecule has 2 aromatic rings. The molecule has 6 heteroatoms. The van der Waals surface area contributed by atoms with Gasteiger partial charge in [-0.3, -0.25) is 14.6 Å². The van der Waals surface area contributed by atoms with E-state index in [1.54, 1.807) is 0 Å². The Morgan fingerprint density at radius 1 is 1.15 bits per heavy atom. The van der Waals surface area contributed by atoms with Crippen molar-refractivity contribution in [2.75, 3.05) is 26.7 Å². The van der Waals surface area contributed by atoms with E-state index in [0.29, 0.717) is 24.3 Å². The molecule has 5 rings (SSSR count). The zero-order valence-corrected chi connectivity index (χ0v) is 15.6. The van der Waals surface area contributed by atoms with Crippen LogP contribution in [0.15, 0.2) is 45.8 Å². The highest BCUT2D eigenvalue weighted by Crippen LogP contribution is 2.30. The lowest BCUT2D eigenvalue weighted by Crippen LogP contribution is -2.43. The molecule has 0 radical (unpaired) electrons. The lowest BCUT2D eigenvalue weighted by molar-refractivity contribution is 0.113. The normalized spacial score (nSPS) is 23.3. The summed E-state index contributed by atoms with van der Waals surface area (Å²) in [5, 5.41) is 0. The zero-order valence-electron chi connectivity index (χ0n) is 15.6. The van der Waals surface area contributed by atoms with Gasteiger partial charge in [-0.25, -0.2) is 4.39 Å². The molecular weight excluding hydrogens is 347 g/mol. The van der Waals surface area contributed by atoms with Gasteiger partial charge in [0.15, 0.2) is 0 Å². The first-order valence-corrected chi connectivity index (χ1v) is 9.47. The van der Waals surface area contributed by atoms with E-state index in [1.807, 2.05) is 12.1 Å². The molecule has 144 valence electrons. The number of halogens is 1. The molecular formula is C21H25FN2O3. The van der Waals surface area contributed by atoms with Crippen molar-refractivity contribution in [3.63, 3.8) is 0 Å². The molecule has 27 heavy (non-hydrogen) atoms. The van der Waals surface area contributed by atoms with E-state index < -0.39 is 0 Å². The van der Waals surface area contributed by atoms with Crippen LogP contribution in [-0.4, -0.2) is 42.6 Å². The van der Waals surface area contributed by atoms with Crippen molar-refractivity contribution in [1.82, 2.24) is 9.80 Å². The number of hydrogen-bond acceptors (Lipinski definition) is 5. The van der Waals surface area contributed by atoms with Gasteiger partial charge >= 0.3 is 0 Å². The molecule has 0 spiro atoms. The summed E-state index contributed by atoms with van der Waals surface area (Å²) in [6, 6.07) is 8.77. The molecule has 3 saturated heterocycles. The monoisotopic (exact) mass is 372 g/mol. The molecule has 0 N–H and O–H groups in total. The van der Waals surface area contributed by atoms with Crippen molar-refractivity contribution >= 4 is 0 Å². The molecule has 4 heterocycles. The topological polar surface area (TPSA) is 45.9 Å². The molecule has 1 aromatic heterocycles. The Bertz CT molecular complexity index is 836. The third kappa shape index (κ3) is 4.22. The first-order valence-electron chi connectivity index (χ1n) is 9.47. The van der Waals surface area contributed by atoms with Crippen LogP contribution < -0.4 is 10.2 Å². The molecule has 3 fully saturated rings. The molecule has 5 nitrogen and oxygen atoms in total. The fourth-order valence-corrected chi connectivity index (χ4v) is 4.32. The minimum absolute atomic E-state index is 0.142. The van der Waals surface area contributed by atoms with E-state index in [0.717, 1.165) is 38.2 Å². The Balaban J connectivity index is 1.44. The van der Waals surface area contributed by atoms with Crippen LogP contribution in [0.4, 0.5) is 4.39 Å². The van der Waals surface area contributed by atoms with Gasteiger partial charge in [0.1, 0.15) is 17.8 Å². The van der Waals surface area contributed by atoms with Gasteiger partial charge in [0, 0.05) is 38.3 Å². The largest absolute Gasteiger partial charge is 0.490 e. The van der Waals surface area contributed by atoms with Crippen LogP contribution in [0.1, 0.15) is 24.2 Å². The third-order valence-electron chi connectivity index (χ3n) is 5.65. The van der Waals surface area contributed by atoms with E-state index in [-0.39, 0.29) is 17.0 Å². The van der Waals surface area contributed by atoms with Gasteiger partial charge in [-0.15, -0.1) is 0 Å². The fraction of sp³-hybridized carbons (Fsp3) is 0.476. The fourth-order valence-electron chi connectivity index (χ4n) is 4.32. The SMILES string of the molecule is COc1coc(CN2C[C@H]3CC[C@@H]2CN(Cc2ccc(F)cc2)C3)cc1=O. The van der Waals surface area contributed by atoms with Crippen molar-refractivity contribution in [1.29, 1.82) is 0 Å². The molecule has 0 saturated carbocycles. The number of hydrogen-bond donors (Lipinski definition) is 0. The first-order chi connectivity index (χ1) is 13.1. The summed E-state index contributed by atoms with van der Waals surface area (Å²) in [5.41, 5.74) is 1.00. The molecule has 0 unspecified atom stereocenters. The van der Waals surface area contributed by atoms with Crippen molar-refractivity contribution in [3.8, 4) is 5.75 Å². The minimum atomic E-state index is -0.193. The standard InChI is InChI=1S/C21H25FN2O3/c1-26-21-14-27-19(8-20(21)25)13-24-11-16-4-7-18(24)12-23(10-16)9-15-2-5-17(22)6-3-15/h2-3,5-6,8,14,16,18H,4,7,9-13H2,1H3/t16-,18+/m0/s1. The highest BCUT2D eigenvalue weighted by atomic mass is 19.1. The quantitative estimate of drug-likeness (QED) is 0.808. The molecule has 3 aliphatic rings. The Morgan fingerprint density at radius 3 is 2.70 bits per heavy atom. The minimum Gasteiger partial charge on any atom is -0.490 e. The van der Waals surface area contributed by atoms with Gasteiger partial charge in [-0.1, -0.05) is 12.1 Å². The molecule has 0 aliphatic carbocycles. The van der Waals surface area contributed by atoms with Crippen LogP contribution in [0.5, 0.6) is 5.75 Å². The average molecular weight is 372 g/mol. The van der Waals surface area contributed by atoms with Crippen LogP contribution in [0, 0.1) is 11.7 Å². The number of nitrogens with zero attached hydrogens (tertiary/aromatic N) is 2. The zero-order chi connectivity index (χ0) is 18.8. The predicted octanol–water partition coefficient (Wildman–Crippen LogP) is 2.88. The Morgan fingerprint density at radius 2 is 1.96 bits per heavy atom. The van der Waals surface area contributed by atoms with E-state index in [9.17, 15) is 9.18 Å². The maximum absolute atomic E-state index is 13.1. The summed E-state index contributed by atoms with van der Waals surface area (Å²) in [6.07, 6.45) is 3.78. The first kappa shape index (κ1) is 18.2. The number of benzene rings is 1. The van der Waals surface area contributed by atoms with Gasteiger partial charge in [-0.2, -0.15) is 0 Å². The summed E-state index contributed by atoms with van der Waals surface area (Å²) < 4.78 is 23.7. The lowest BCUT2D eigenvalue weighted by Gasteiger charge is -2.35. The van der Waals surface area contributed by atoms with E-state index in [2.05, 4.69) is 9.80 Å². The molecule has 2 atom stereocenters. The predicted molar refractivity (Wildman–Crippen MR) is 100 cm³/mol. The van der Waals surface area contributed by atoms with Crippen molar-refractivity contribution < 1.29 is 13.5 Å².